The predicted octanol–water partition coefficient (Wildman–Crippen LogP) is 4.41. The van der Waals surface area contributed by atoms with E-state index in [0.717, 1.165) is 22.9 Å². The van der Waals surface area contributed by atoms with E-state index >= 15 is 0 Å². The van der Waals surface area contributed by atoms with E-state index in [1.54, 1.807) is 0 Å². The number of rotatable bonds is 4. The number of hydrogen-bond acceptors (Lipinski definition) is 4. The van der Waals surface area contributed by atoms with Gasteiger partial charge in [-0.15, -0.1) is 5.10 Å². The Morgan fingerprint density at radius 3 is 2.52 bits per heavy atom. The Morgan fingerprint density at radius 1 is 0.889 bits per heavy atom. The van der Waals surface area contributed by atoms with Gasteiger partial charge in [0.1, 0.15) is 12.4 Å². The molecule has 1 heterocycles. The van der Waals surface area contributed by atoms with Gasteiger partial charge in [0.2, 0.25) is 0 Å². The molecule has 0 amide bonds. The molecule has 0 aliphatic heterocycles. The number of fused-ring (bicyclic) bond motifs is 1. The molecule has 4 aromatic rings. The summed E-state index contributed by atoms with van der Waals surface area (Å²) in [4.78, 5) is 0. The Hall–Kier alpha value is -3.42. The topological polar surface area (TPSA) is 52.8 Å². The molecular weight excluding hydrogens is 357 g/mol. The zero-order valence-electron chi connectivity index (χ0n) is 13.9. The van der Waals surface area contributed by atoms with E-state index in [2.05, 4.69) is 15.5 Å². The highest BCUT2D eigenvalue weighted by atomic mass is 19.4. The average Bonchev–Trinajstić information content (AvgIpc) is 3.14. The van der Waals surface area contributed by atoms with Crippen molar-refractivity contribution in [2.24, 2.45) is 0 Å². The van der Waals surface area contributed by atoms with Crippen molar-refractivity contribution in [1.82, 2.24) is 20.2 Å². The summed E-state index contributed by atoms with van der Waals surface area (Å²) in [7, 11) is 0. The van der Waals surface area contributed by atoms with Crippen LogP contribution in [-0.4, -0.2) is 20.2 Å². The molecule has 4 rings (SSSR count). The second-order valence-corrected chi connectivity index (χ2v) is 5.85. The van der Waals surface area contributed by atoms with Crippen molar-refractivity contribution in [3.05, 3.63) is 78.1 Å². The molecule has 8 heteroatoms. The standard InChI is InChI=1S/C19H13F3N4O/c20-19(21,22)15-6-3-7-16(11-15)26-18(23-24-25-26)12-27-17-9-8-13-4-1-2-5-14(13)10-17/h1-11H,12H2. The fourth-order valence-electron chi connectivity index (χ4n) is 2.72. The molecule has 0 saturated carbocycles. The first-order chi connectivity index (χ1) is 13.0. The van der Waals surface area contributed by atoms with Crippen molar-refractivity contribution in [1.29, 1.82) is 0 Å². The summed E-state index contributed by atoms with van der Waals surface area (Å²) < 4.78 is 45.7. The van der Waals surface area contributed by atoms with Crippen LogP contribution in [0.2, 0.25) is 0 Å². The van der Waals surface area contributed by atoms with Gasteiger partial charge < -0.3 is 4.74 Å². The Labute approximate surface area is 152 Å². The molecule has 3 aromatic carbocycles. The summed E-state index contributed by atoms with van der Waals surface area (Å²) in [6.07, 6.45) is -4.44. The van der Waals surface area contributed by atoms with Crippen LogP contribution in [0.4, 0.5) is 13.2 Å². The van der Waals surface area contributed by atoms with Crippen molar-refractivity contribution >= 4 is 10.8 Å². The number of hydrogen-bond donors (Lipinski definition) is 0. The Balaban J connectivity index is 1.57. The Kier molecular flexibility index (Phi) is 4.23. The fourth-order valence-corrected chi connectivity index (χ4v) is 2.72. The van der Waals surface area contributed by atoms with Crippen LogP contribution in [-0.2, 0) is 12.8 Å². The van der Waals surface area contributed by atoms with Gasteiger partial charge in [0.15, 0.2) is 5.82 Å². The molecule has 0 saturated heterocycles. The van der Waals surface area contributed by atoms with Gasteiger partial charge in [0.25, 0.3) is 0 Å². The fraction of sp³-hybridized carbons (Fsp3) is 0.105. The molecule has 0 radical (unpaired) electrons. The SMILES string of the molecule is FC(F)(F)c1cccc(-n2nnnc2COc2ccc3ccccc3c2)c1. The van der Waals surface area contributed by atoms with E-state index in [-0.39, 0.29) is 12.3 Å². The maximum Gasteiger partial charge on any atom is 0.416 e. The van der Waals surface area contributed by atoms with Crippen molar-refractivity contribution in [2.45, 2.75) is 12.8 Å². The van der Waals surface area contributed by atoms with Crippen LogP contribution in [0.3, 0.4) is 0 Å². The molecule has 0 aliphatic carbocycles. The smallest absolute Gasteiger partial charge is 0.416 e. The second-order valence-electron chi connectivity index (χ2n) is 5.85. The molecule has 0 atom stereocenters. The molecular formula is C19H13F3N4O. The van der Waals surface area contributed by atoms with Gasteiger partial charge in [-0.05, 0) is 51.5 Å². The number of alkyl halides is 3. The van der Waals surface area contributed by atoms with Gasteiger partial charge in [-0.25, -0.2) is 0 Å². The van der Waals surface area contributed by atoms with Crippen LogP contribution in [0, 0.1) is 0 Å². The summed E-state index contributed by atoms with van der Waals surface area (Å²) in [5.74, 6) is 0.912. The average molecular weight is 370 g/mol. The summed E-state index contributed by atoms with van der Waals surface area (Å²) in [6.45, 7) is 0.0155. The monoisotopic (exact) mass is 370 g/mol. The van der Waals surface area contributed by atoms with Crippen molar-refractivity contribution in [3.8, 4) is 11.4 Å². The van der Waals surface area contributed by atoms with E-state index in [1.807, 2.05) is 42.5 Å². The highest BCUT2D eigenvalue weighted by Crippen LogP contribution is 2.30. The summed E-state index contributed by atoms with van der Waals surface area (Å²) >= 11 is 0. The van der Waals surface area contributed by atoms with Crippen molar-refractivity contribution < 1.29 is 17.9 Å². The third-order valence-corrected chi connectivity index (χ3v) is 4.04. The van der Waals surface area contributed by atoms with Gasteiger partial charge >= 0.3 is 6.18 Å². The molecule has 0 unspecified atom stereocenters. The number of nitrogens with zero attached hydrogens (tertiary/aromatic N) is 4. The number of aromatic nitrogens is 4. The lowest BCUT2D eigenvalue weighted by atomic mass is 10.1. The predicted molar refractivity (Wildman–Crippen MR) is 92.4 cm³/mol. The molecule has 5 nitrogen and oxygen atoms in total. The van der Waals surface area contributed by atoms with Crippen LogP contribution in [0.15, 0.2) is 66.7 Å². The second kappa shape index (κ2) is 6.71. The minimum atomic E-state index is -4.44. The lowest BCUT2D eigenvalue weighted by molar-refractivity contribution is -0.137. The van der Waals surface area contributed by atoms with Crippen molar-refractivity contribution in [2.75, 3.05) is 0 Å². The molecule has 0 bridgehead atoms. The first kappa shape index (κ1) is 17.0. The van der Waals surface area contributed by atoms with E-state index in [1.165, 1.54) is 16.8 Å². The molecule has 136 valence electrons. The zero-order chi connectivity index (χ0) is 18.9. The first-order valence-corrected chi connectivity index (χ1v) is 8.07. The molecule has 0 spiro atoms. The van der Waals surface area contributed by atoms with E-state index < -0.39 is 11.7 Å². The lowest BCUT2D eigenvalue weighted by Crippen LogP contribution is -2.09. The van der Waals surface area contributed by atoms with E-state index in [0.29, 0.717) is 11.6 Å². The maximum absolute atomic E-state index is 12.9. The van der Waals surface area contributed by atoms with Gasteiger partial charge in [0, 0.05) is 0 Å². The quantitative estimate of drug-likeness (QED) is 0.534. The minimum absolute atomic E-state index is 0.0155. The molecule has 0 fully saturated rings. The summed E-state index contributed by atoms with van der Waals surface area (Å²) in [6, 6.07) is 18.3. The van der Waals surface area contributed by atoms with Crippen LogP contribution >= 0.6 is 0 Å². The Bertz CT molecular complexity index is 1090. The maximum atomic E-state index is 12.9. The zero-order valence-corrected chi connectivity index (χ0v) is 13.9. The highest BCUT2D eigenvalue weighted by molar-refractivity contribution is 5.83. The van der Waals surface area contributed by atoms with Gasteiger partial charge in [-0.1, -0.05) is 36.4 Å². The van der Waals surface area contributed by atoms with Gasteiger partial charge in [0.05, 0.1) is 11.3 Å². The Morgan fingerprint density at radius 2 is 1.70 bits per heavy atom. The van der Waals surface area contributed by atoms with Crippen LogP contribution in [0.1, 0.15) is 11.4 Å². The third kappa shape index (κ3) is 3.59. The number of ether oxygens (including phenoxy) is 1. The van der Waals surface area contributed by atoms with Gasteiger partial charge in [-0.2, -0.15) is 17.9 Å². The number of tetrazole rings is 1. The number of halogens is 3. The van der Waals surface area contributed by atoms with Gasteiger partial charge in [-0.3, -0.25) is 0 Å². The molecule has 1 aromatic heterocycles. The first-order valence-electron chi connectivity index (χ1n) is 8.07. The van der Waals surface area contributed by atoms with E-state index in [4.69, 9.17) is 4.74 Å². The highest BCUT2D eigenvalue weighted by Gasteiger charge is 2.30. The van der Waals surface area contributed by atoms with Crippen molar-refractivity contribution in [3.63, 3.8) is 0 Å². The molecule has 0 N–H and O–H groups in total. The minimum Gasteiger partial charge on any atom is -0.486 e. The summed E-state index contributed by atoms with van der Waals surface area (Å²) in [5.41, 5.74) is -0.552. The third-order valence-electron chi connectivity index (χ3n) is 4.04. The normalized spacial score (nSPS) is 11.7. The molecule has 0 aliphatic rings. The lowest BCUT2D eigenvalue weighted by Gasteiger charge is -2.10. The number of benzene rings is 3. The van der Waals surface area contributed by atoms with Crippen LogP contribution < -0.4 is 4.74 Å². The van der Waals surface area contributed by atoms with Crippen LogP contribution in [0.25, 0.3) is 16.5 Å². The largest absolute Gasteiger partial charge is 0.486 e. The molecule has 27 heavy (non-hydrogen) atoms. The summed E-state index contributed by atoms with van der Waals surface area (Å²) in [5, 5.41) is 13.3. The van der Waals surface area contributed by atoms with E-state index in [9.17, 15) is 13.2 Å². The van der Waals surface area contributed by atoms with Crippen LogP contribution in [0.5, 0.6) is 5.75 Å².